The molecule has 2 amide bonds. The highest BCUT2D eigenvalue weighted by molar-refractivity contribution is 7.23. The maximum Gasteiger partial charge on any atom is 0.412 e. The summed E-state index contributed by atoms with van der Waals surface area (Å²) in [4.78, 5) is 41.1. The molecule has 0 saturated carbocycles. The number of benzene rings is 2. The molecule has 0 aliphatic carbocycles. The Morgan fingerprint density at radius 3 is 2.51 bits per heavy atom. The molecular weight excluding hydrogens is 760 g/mol. The largest absolute Gasteiger partial charge is 0.461 e. The summed E-state index contributed by atoms with van der Waals surface area (Å²) in [5.41, 5.74) is -1.48. The Labute approximate surface area is 333 Å². The van der Waals surface area contributed by atoms with Crippen LogP contribution in [0.25, 0.3) is 32.1 Å². The van der Waals surface area contributed by atoms with Gasteiger partial charge in [0.1, 0.15) is 52.5 Å². The maximum atomic E-state index is 16.7. The summed E-state index contributed by atoms with van der Waals surface area (Å²) < 4.78 is 64.2. The molecule has 0 radical (unpaired) electrons. The Hall–Kier alpha value is -4.88. The number of likely N-dealkylation sites (tertiary alicyclic amines) is 1. The van der Waals surface area contributed by atoms with Gasteiger partial charge in [0, 0.05) is 42.9 Å². The lowest BCUT2D eigenvalue weighted by molar-refractivity contribution is 0.0233. The van der Waals surface area contributed by atoms with E-state index in [9.17, 15) is 19.2 Å². The number of nitrogens with one attached hydrogen (secondary N) is 1. The molecule has 12 nitrogen and oxygen atoms in total. The van der Waals surface area contributed by atoms with Gasteiger partial charge in [-0.3, -0.25) is 10.2 Å². The van der Waals surface area contributed by atoms with Crippen LogP contribution in [0, 0.1) is 23.0 Å². The van der Waals surface area contributed by atoms with Gasteiger partial charge in [0.05, 0.1) is 33.4 Å². The molecule has 2 aromatic carbocycles. The molecule has 16 heteroatoms. The van der Waals surface area contributed by atoms with Crippen LogP contribution in [0.1, 0.15) is 79.7 Å². The molecule has 3 saturated heterocycles. The number of fused-ring (bicyclic) bond motifs is 3. The number of carbonyl (C=O) groups is 2. The van der Waals surface area contributed by atoms with Gasteiger partial charge in [0.15, 0.2) is 0 Å². The molecule has 57 heavy (non-hydrogen) atoms. The third-order valence-electron chi connectivity index (χ3n) is 11.0. The predicted octanol–water partition coefficient (Wildman–Crippen LogP) is 8.80. The fourth-order valence-electron chi connectivity index (χ4n) is 8.46. The van der Waals surface area contributed by atoms with Crippen molar-refractivity contribution in [2.24, 2.45) is 0 Å². The van der Waals surface area contributed by atoms with Crippen molar-refractivity contribution < 1.29 is 37.0 Å². The summed E-state index contributed by atoms with van der Waals surface area (Å²) in [6.07, 6.45) is 0.410. The van der Waals surface area contributed by atoms with Gasteiger partial charge >= 0.3 is 18.2 Å². The number of thiophene rings is 1. The van der Waals surface area contributed by atoms with Crippen molar-refractivity contribution in [3.8, 4) is 23.2 Å². The maximum absolute atomic E-state index is 16.7. The molecule has 0 spiro atoms. The van der Waals surface area contributed by atoms with Crippen molar-refractivity contribution >= 4 is 55.3 Å². The normalized spacial score (nSPS) is 22.5. The van der Waals surface area contributed by atoms with Crippen molar-refractivity contribution in [2.45, 2.75) is 109 Å². The number of alkyl halides is 1. The zero-order chi connectivity index (χ0) is 41.2. The molecule has 2 aromatic heterocycles. The number of ether oxygens (including phenoxy) is 3. The first-order valence-electron chi connectivity index (χ1n) is 19.2. The summed E-state index contributed by atoms with van der Waals surface area (Å²) >= 11 is 0.850. The number of nitrogens with zero attached hydrogens (tertiary/aromatic N) is 6. The second-order valence-corrected chi connectivity index (χ2v) is 18.3. The topological polar surface area (TPSA) is 133 Å². The highest BCUT2D eigenvalue weighted by Gasteiger charge is 2.49. The molecule has 5 heterocycles. The van der Waals surface area contributed by atoms with E-state index in [4.69, 9.17) is 24.2 Å². The molecule has 3 aliphatic heterocycles. The van der Waals surface area contributed by atoms with Crippen LogP contribution in [0.4, 0.5) is 33.6 Å². The number of halogens is 3. The Kier molecular flexibility index (Phi) is 10.5. The monoisotopic (exact) mass is 807 g/mol. The van der Waals surface area contributed by atoms with Gasteiger partial charge < -0.3 is 24.0 Å². The minimum absolute atomic E-state index is 0.0152. The van der Waals surface area contributed by atoms with Crippen LogP contribution in [0.3, 0.4) is 0 Å². The van der Waals surface area contributed by atoms with Crippen LogP contribution in [-0.4, -0.2) is 100 Å². The number of hydrogen-bond donors (Lipinski definition) is 1. The van der Waals surface area contributed by atoms with E-state index in [-0.39, 0.29) is 56.5 Å². The Bertz CT molecular complexity index is 2290. The molecule has 7 rings (SSSR count). The number of rotatable bonds is 7. The van der Waals surface area contributed by atoms with E-state index >= 15 is 8.78 Å². The van der Waals surface area contributed by atoms with Gasteiger partial charge in [-0.1, -0.05) is 6.07 Å². The average molecular weight is 808 g/mol. The van der Waals surface area contributed by atoms with Crippen molar-refractivity contribution in [1.29, 1.82) is 5.26 Å². The Balaban J connectivity index is 1.32. The zero-order valence-corrected chi connectivity index (χ0v) is 34.3. The lowest BCUT2D eigenvalue weighted by Gasteiger charge is -2.33. The predicted molar refractivity (Wildman–Crippen MR) is 213 cm³/mol. The Morgan fingerprint density at radius 1 is 1.07 bits per heavy atom. The van der Waals surface area contributed by atoms with Crippen LogP contribution in [0.15, 0.2) is 24.3 Å². The van der Waals surface area contributed by atoms with Crippen LogP contribution in [-0.2, 0) is 9.47 Å². The van der Waals surface area contributed by atoms with Gasteiger partial charge in [0.25, 0.3) is 0 Å². The molecular formula is C41H48F3N7O5S. The van der Waals surface area contributed by atoms with Crippen molar-refractivity contribution in [3.05, 3.63) is 41.5 Å². The summed E-state index contributed by atoms with van der Waals surface area (Å²) in [7, 11) is 1.83. The zero-order valence-electron chi connectivity index (χ0n) is 33.5. The lowest BCUT2D eigenvalue weighted by atomic mass is 9.95. The van der Waals surface area contributed by atoms with Crippen molar-refractivity contribution in [1.82, 2.24) is 19.8 Å². The summed E-state index contributed by atoms with van der Waals surface area (Å²) in [6.45, 7) is 14.2. The van der Waals surface area contributed by atoms with Crippen LogP contribution >= 0.6 is 11.3 Å². The second-order valence-electron chi connectivity index (χ2n) is 17.3. The van der Waals surface area contributed by atoms with E-state index in [0.29, 0.717) is 42.7 Å². The second kappa shape index (κ2) is 14.8. The standard InChI is InChI=1S/C41H48F3N7O5S/c1-22-31(12-15-51(22)38(53)56-40(5,6)7)49(8)34-26-16-29(44)25(17-30(26)46-36(47-34)54-21-41-13-9-14-50(41)20-23(42)18-41)24-10-11-28(43)33-32(24)27(19-45)35(57-33)48-37(52)55-39(2,3)4/h10-11,16-17,22-23,31H,9,12-15,18,20-21H2,1-8H3,(H,48,52)/t22?,23-,31?,41+/m1/s1. The van der Waals surface area contributed by atoms with Gasteiger partial charge in [-0.25, -0.2) is 22.8 Å². The number of likely N-dealkylation sites (N-methyl/N-ethyl adjacent to an activating group) is 1. The molecule has 304 valence electrons. The molecule has 4 aromatic rings. The third kappa shape index (κ3) is 7.88. The van der Waals surface area contributed by atoms with E-state index < -0.39 is 46.7 Å². The minimum Gasteiger partial charge on any atom is -0.461 e. The fraction of sp³-hybridized carbons (Fsp3) is 0.537. The van der Waals surface area contributed by atoms with E-state index in [1.54, 1.807) is 25.7 Å². The Morgan fingerprint density at radius 2 is 1.81 bits per heavy atom. The van der Waals surface area contributed by atoms with Crippen LogP contribution in [0.5, 0.6) is 6.01 Å². The van der Waals surface area contributed by atoms with Gasteiger partial charge in [-0.2, -0.15) is 15.2 Å². The number of carbonyl (C=O) groups excluding carboxylic acids is 2. The fourth-order valence-corrected chi connectivity index (χ4v) is 9.53. The summed E-state index contributed by atoms with van der Waals surface area (Å²) in [5, 5.41) is 13.4. The summed E-state index contributed by atoms with van der Waals surface area (Å²) in [6, 6.07) is 6.95. The SMILES string of the molecule is CC1C(N(C)c2nc(OC[C@@]34CCCN3C[C@H](F)C4)nc3cc(-c4ccc(F)c5sc(NC(=O)OC(C)(C)C)c(C#N)c45)c(F)cc23)CCN1C(=O)OC(C)(C)C. The quantitative estimate of drug-likeness (QED) is 0.193. The highest BCUT2D eigenvalue weighted by atomic mass is 32.1. The first-order valence-corrected chi connectivity index (χ1v) is 20.0. The number of aromatic nitrogens is 2. The lowest BCUT2D eigenvalue weighted by Crippen LogP contribution is -2.45. The molecule has 4 atom stereocenters. The average Bonchev–Trinajstić information content (AvgIpc) is 3.86. The van der Waals surface area contributed by atoms with Gasteiger partial charge in [-0.05, 0) is 98.0 Å². The number of hydrogen-bond acceptors (Lipinski definition) is 11. The van der Waals surface area contributed by atoms with Crippen LogP contribution in [0.2, 0.25) is 0 Å². The molecule has 1 N–H and O–H groups in total. The van der Waals surface area contributed by atoms with Gasteiger partial charge in [0.2, 0.25) is 0 Å². The minimum atomic E-state index is -0.960. The van der Waals surface area contributed by atoms with E-state index in [2.05, 4.69) is 16.3 Å². The number of anilines is 2. The van der Waals surface area contributed by atoms with Crippen LogP contribution < -0.4 is 15.0 Å². The van der Waals surface area contributed by atoms with Crippen molar-refractivity contribution in [3.63, 3.8) is 0 Å². The number of nitriles is 1. The van der Waals surface area contributed by atoms with E-state index in [1.165, 1.54) is 24.3 Å². The third-order valence-corrected chi connectivity index (χ3v) is 12.1. The first kappa shape index (κ1) is 40.3. The van der Waals surface area contributed by atoms with E-state index in [1.807, 2.05) is 39.6 Å². The number of amides is 2. The molecule has 0 bridgehead atoms. The first-order chi connectivity index (χ1) is 26.8. The smallest absolute Gasteiger partial charge is 0.412 e. The molecule has 3 fully saturated rings. The van der Waals surface area contributed by atoms with E-state index in [0.717, 1.165) is 30.7 Å². The molecule has 2 unspecified atom stereocenters. The highest BCUT2D eigenvalue weighted by Crippen LogP contribution is 2.45. The van der Waals surface area contributed by atoms with Crippen molar-refractivity contribution in [2.75, 3.05) is 43.5 Å². The molecule has 3 aliphatic rings. The van der Waals surface area contributed by atoms with Gasteiger partial charge in [-0.15, -0.1) is 11.3 Å². The summed E-state index contributed by atoms with van der Waals surface area (Å²) in [5.74, 6) is -0.973.